The summed E-state index contributed by atoms with van der Waals surface area (Å²) in [6, 6.07) is 14.5. The molecule has 1 amide bonds. The van der Waals surface area contributed by atoms with Gasteiger partial charge in [0.05, 0.1) is 38.0 Å². The van der Waals surface area contributed by atoms with Crippen LogP contribution in [0.25, 0.3) is 11.1 Å². The predicted molar refractivity (Wildman–Crippen MR) is 193 cm³/mol. The van der Waals surface area contributed by atoms with Crippen LogP contribution in [-0.4, -0.2) is 70.9 Å². The van der Waals surface area contributed by atoms with Crippen LogP contribution in [0.3, 0.4) is 0 Å². The van der Waals surface area contributed by atoms with E-state index in [1.54, 1.807) is 14.2 Å². The number of aliphatic imine (C=N–C) groups is 1. The highest BCUT2D eigenvalue weighted by Crippen LogP contribution is 2.37. The van der Waals surface area contributed by atoms with Gasteiger partial charge < -0.3 is 10.1 Å². The molecule has 4 heterocycles. The van der Waals surface area contributed by atoms with Gasteiger partial charge in [0.1, 0.15) is 22.8 Å². The first kappa shape index (κ1) is 36.9. The largest absolute Gasteiger partial charge is 0.496 e. The minimum absolute atomic E-state index is 0.114. The van der Waals surface area contributed by atoms with E-state index in [0.29, 0.717) is 30.4 Å². The molecular formula is C39H49N7O3. The maximum atomic E-state index is 11.3. The third-order valence-corrected chi connectivity index (χ3v) is 8.92. The molecular weight excluding hydrogens is 614 g/mol. The Bertz CT molecular complexity index is 1720. The van der Waals surface area contributed by atoms with Gasteiger partial charge in [0.2, 0.25) is 0 Å². The smallest absolute Gasteiger partial charge is 0.269 e. The lowest BCUT2D eigenvalue weighted by Gasteiger charge is -2.49. The SMILES string of the molecule is CCC(=O)C1CC1.CCc1cccc(-c2cnn(C3(CC#N)CN(Cc4ccccn4)C3)c2)c1OC.CNC(=O)C1=NCC=C(C)C=C1C. The number of pyridine rings is 1. The molecule has 1 saturated heterocycles. The summed E-state index contributed by atoms with van der Waals surface area (Å²) in [6.45, 7) is 10.9. The highest BCUT2D eigenvalue weighted by Gasteiger charge is 2.45. The fourth-order valence-corrected chi connectivity index (χ4v) is 6.09. The van der Waals surface area contributed by atoms with Gasteiger partial charge in [-0.3, -0.25) is 29.1 Å². The summed E-state index contributed by atoms with van der Waals surface area (Å²) in [5.74, 6) is 1.72. The fourth-order valence-electron chi connectivity index (χ4n) is 6.09. The van der Waals surface area contributed by atoms with E-state index in [-0.39, 0.29) is 11.4 Å². The van der Waals surface area contributed by atoms with E-state index in [1.165, 1.54) is 5.56 Å². The van der Waals surface area contributed by atoms with E-state index in [0.717, 1.165) is 79.0 Å². The van der Waals surface area contributed by atoms with Crippen LogP contribution in [0, 0.1) is 17.2 Å². The first-order valence-corrected chi connectivity index (χ1v) is 17.0. The fraction of sp³-hybridized carbons (Fsp3) is 0.436. The van der Waals surface area contributed by atoms with Gasteiger partial charge in [0, 0.05) is 62.5 Å². The Labute approximate surface area is 290 Å². The van der Waals surface area contributed by atoms with Crippen molar-refractivity contribution in [2.45, 2.75) is 71.9 Å². The molecule has 10 nitrogen and oxygen atoms in total. The Morgan fingerprint density at radius 2 is 1.90 bits per heavy atom. The van der Waals surface area contributed by atoms with Crippen molar-refractivity contribution in [2.75, 3.05) is 33.8 Å². The molecule has 0 atom stereocenters. The molecule has 258 valence electrons. The molecule has 49 heavy (non-hydrogen) atoms. The zero-order valence-electron chi connectivity index (χ0n) is 29.7. The van der Waals surface area contributed by atoms with Crippen molar-refractivity contribution in [3.63, 3.8) is 0 Å². The van der Waals surface area contributed by atoms with E-state index in [2.05, 4.69) is 56.5 Å². The number of aromatic nitrogens is 3. The maximum Gasteiger partial charge on any atom is 0.269 e. The summed E-state index contributed by atoms with van der Waals surface area (Å²) in [7, 11) is 3.32. The first-order valence-electron chi connectivity index (χ1n) is 17.0. The highest BCUT2D eigenvalue weighted by molar-refractivity contribution is 6.45. The number of likely N-dealkylation sites (tertiary alicyclic amines) is 1. The lowest BCUT2D eigenvalue weighted by molar-refractivity contribution is -0.120. The number of hydrogen-bond donors (Lipinski definition) is 1. The molecule has 3 aromatic rings. The van der Waals surface area contributed by atoms with Gasteiger partial charge >= 0.3 is 0 Å². The van der Waals surface area contributed by atoms with Crippen molar-refractivity contribution in [3.05, 3.63) is 89.5 Å². The van der Waals surface area contributed by atoms with Gasteiger partial charge in [0.25, 0.3) is 5.91 Å². The quantitative estimate of drug-likeness (QED) is 0.278. The number of hydrogen-bond acceptors (Lipinski definition) is 8. The Morgan fingerprint density at radius 1 is 1.12 bits per heavy atom. The van der Waals surface area contributed by atoms with Crippen LogP contribution in [0.4, 0.5) is 0 Å². The standard InChI is InChI=1S/C23H25N5O.C10H14N2O.C6H10O/c1-3-18-7-6-9-21(22(18)29-2)19-13-26-28(14-19)23(10-11-24)16-27(17-23)15-20-8-4-5-12-25-20;1-7-4-5-12-9(8(2)6-7)10(13)11-3;1-2-6(7)5-3-4-5/h4-9,12-14H,3,10,15-17H2,1-2H3;4,6H,5H2,1-3H3,(H,11,13);5H,2-4H2,1H3. The van der Waals surface area contributed by atoms with E-state index in [4.69, 9.17) is 4.74 Å². The summed E-state index contributed by atoms with van der Waals surface area (Å²) in [6.07, 6.45) is 14.1. The number of nitriles is 1. The molecule has 0 spiro atoms. The second-order valence-corrected chi connectivity index (χ2v) is 12.7. The lowest BCUT2D eigenvalue weighted by Crippen LogP contribution is -2.62. The van der Waals surface area contributed by atoms with Crippen molar-refractivity contribution < 1.29 is 14.3 Å². The number of Topliss-reactive ketones (excluding diaryl/α,β-unsaturated/α-hetero) is 1. The average Bonchev–Trinajstić information content (AvgIpc) is 3.87. The number of benzene rings is 1. The van der Waals surface area contributed by atoms with Crippen LogP contribution < -0.4 is 10.1 Å². The van der Waals surface area contributed by atoms with Crippen molar-refractivity contribution >= 4 is 17.4 Å². The molecule has 2 aliphatic heterocycles. The van der Waals surface area contributed by atoms with Crippen LogP contribution in [0.15, 0.2) is 83.3 Å². The molecule has 3 aliphatic rings. The number of carbonyl (C=O) groups is 2. The van der Waals surface area contributed by atoms with Crippen LogP contribution >= 0.6 is 0 Å². The monoisotopic (exact) mass is 663 g/mol. The van der Waals surface area contributed by atoms with Gasteiger partial charge in [-0.05, 0) is 56.4 Å². The lowest BCUT2D eigenvalue weighted by atomic mass is 9.86. The average molecular weight is 664 g/mol. The van der Waals surface area contributed by atoms with Gasteiger partial charge in [-0.25, -0.2) is 0 Å². The minimum atomic E-state index is -0.294. The Morgan fingerprint density at radius 3 is 2.49 bits per heavy atom. The Hall–Kier alpha value is -4.88. The number of nitrogens with zero attached hydrogens (tertiary/aromatic N) is 6. The predicted octanol–water partition coefficient (Wildman–Crippen LogP) is 6.10. The molecule has 1 saturated carbocycles. The van der Waals surface area contributed by atoms with Crippen LogP contribution in [0.2, 0.25) is 0 Å². The Balaban J connectivity index is 0.000000221. The number of carbonyl (C=O) groups excluding carboxylic acids is 2. The van der Waals surface area contributed by atoms with E-state index >= 15 is 0 Å². The number of rotatable bonds is 10. The van der Waals surface area contributed by atoms with Crippen molar-refractivity contribution in [1.29, 1.82) is 5.26 Å². The van der Waals surface area contributed by atoms with E-state index in [1.807, 2.05) is 74.4 Å². The molecule has 10 heteroatoms. The minimum Gasteiger partial charge on any atom is -0.496 e. The van der Waals surface area contributed by atoms with Gasteiger partial charge in [-0.2, -0.15) is 10.4 Å². The van der Waals surface area contributed by atoms with Gasteiger partial charge in [0.15, 0.2) is 0 Å². The number of ether oxygens (including phenoxy) is 1. The molecule has 1 N–H and O–H groups in total. The maximum absolute atomic E-state index is 11.3. The molecule has 0 radical (unpaired) electrons. The van der Waals surface area contributed by atoms with Crippen molar-refractivity contribution in [3.8, 4) is 22.9 Å². The third kappa shape index (κ3) is 9.61. The van der Waals surface area contributed by atoms with Gasteiger partial charge in [-0.15, -0.1) is 0 Å². The van der Waals surface area contributed by atoms with Crippen molar-refractivity contribution in [1.82, 2.24) is 25.0 Å². The first-order chi connectivity index (χ1) is 23.7. The number of para-hydroxylation sites is 1. The normalized spacial score (nSPS) is 16.4. The molecule has 0 unspecified atom stereocenters. The highest BCUT2D eigenvalue weighted by atomic mass is 16.5. The third-order valence-electron chi connectivity index (χ3n) is 8.92. The zero-order valence-corrected chi connectivity index (χ0v) is 29.7. The molecule has 1 aromatic carbocycles. The van der Waals surface area contributed by atoms with Crippen molar-refractivity contribution in [2.24, 2.45) is 10.9 Å². The number of aryl methyl sites for hydroxylation is 1. The summed E-state index contributed by atoms with van der Waals surface area (Å²) in [5, 5.41) is 16.7. The molecule has 2 aromatic heterocycles. The molecule has 2 fully saturated rings. The summed E-state index contributed by atoms with van der Waals surface area (Å²) in [4.78, 5) is 32.8. The number of allylic oxidation sites excluding steroid dienone is 2. The van der Waals surface area contributed by atoms with Crippen LogP contribution in [-0.2, 0) is 28.1 Å². The Kier molecular flexibility index (Phi) is 13.2. The molecule has 0 bridgehead atoms. The molecule has 1 aliphatic carbocycles. The van der Waals surface area contributed by atoms with Crippen LogP contribution in [0.5, 0.6) is 5.75 Å². The van der Waals surface area contributed by atoms with Gasteiger partial charge in [-0.1, -0.05) is 55.8 Å². The number of nitrogens with one attached hydrogen (secondary N) is 1. The number of methoxy groups -OCH3 is 1. The zero-order chi connectivity index (χ0) is 35.4. The number of ketones is 1. The molecule has 6 rings (SSSR count). The summed E-state index contributed by atoms with van der Waals surface area (Å²) >= 11 is 0. The second kappa shape index (κ2) is 17.5. The van der Waals surface area contributed by atoms with E-state index in [9.17, 15) is 14.9 Å². The summed E-state index contributed by atoms with van der Waals surface area (Å²) in [5.41, 5.74) is 6.58. The van der Waals surface area contributed by atoms with Crippen LogP contribution in [0.1, 0.15) is 64.6 Å². The summed E-state index contributed by atoms with van der Waals surface area (Å²) < 4.78 is 7.65. The number of amides is 1. The van der Waals surface area contributed by atoms with E-state index < -0.39 is 0 Å². The topological polar surface area (TPSA) is 126 Å². The second-order valence-electron chi connectivity index (χ2n) is 12.7.